The smallest absolute Gasteiger partial charge is 0.318 e. The first-order valence-corrected chi connectivity index (χ1v) is 10.3. The van der Waals surface area contributed by atoms with Gasteiger partial charge < -0.3 is 15.2 Å². The van der Waals surface area contributed by atoms with Crippen LogP contribution in [-0.2, 0) is 13.0 Å². The molecule has 146 valence electrons. The van der Waals surface area contributed by atoms with E-state index in [1.54, 1.807) is 13.2 Å². The Bertz CT molecular complexity index is 866. The van der Waals surface area contributed by atoms with Crippen molar-refractivity contribution in [3.05, 3.63) is 77.8 Å². The lowest BCUT2D eigenvalue weighted by molar-refractivity contribution is 0.254. The molecule has 2 aromatic carbocycles. The van der Waals surface area contributed by atoms with Crippen molar-refractivity contribution in [3.8, 4) is 0 Å². The van der Waals surface area contributed by atoms with Gasteiger partial charge in [0, 0.05) is 46.8 Å². The predicted molar refractivity (Wildman–Crippen MR) is 116 cm³/mol. The van der Waals surface area contributed by atoms with Crippen molar-refractivity contribution in [3.63, 3.8) is 0 Å². The first-order valence-electron chi connectivity index (χ1n) is 9.08. The number of carbonyl (C=O) groups excluding carboxylic acids is 1. The minimum Gasteiger partial charge on any atom is -0.341 e. The lowest BCUT2D eigenvalue weighted by Crippen LogP contribution is -2.24. The second-order valence-electron chi connectivity index (χ2n) is 6.39. The molecule has 0 spiro atoms. The number of nitrogens with zero attached hydrogens (tertiary/aromatic N) is 2. The van der Waals surface area contributed by atoms with Crippen molar-refractivity contribution in [1.82, 2.24) is 14.9 Å². The molecule has 2 amide bonds. The Morgan fingerprint density at radius 1 is 1.18 bits per heavy atom. The molecule has 1 atom stereocenters. The number of hydrogen-bond acceptors (Lipinski definition) is 3. The Labute approximate surface area is 174 Å². The summed E-state index contributed by atoms with van der Waals surface area (Å²) in [6.07, 6.45) is 7.67. The van der Waals surface area contributed by atoms with Gasteiger partial charge in [0.15, 0.2) is 0 Å². The minimum atomic E-state index is -0.221. The molecule has 0 radical (unpaired) electrons. The fraction of sp³-hybridized carbons (Fsp3) is 0.238. The molecule has 1 aromatic heterocycles. The zero-order valence-electron chi connectivity index (χ0n) is 15.6. The second-order valence-corrected chi connectivity index (χ2v) is 8.20. The Hall–Kier alpha value is -2.44. The Morgan fingerprint density at radius 3 is 2.57 bits per heavy atom. The minimum absolute atomic E-state index is 0.221. The molecule has 1 unspecified atom stereocenters. The van der Waals surface area contributed by atoms with E-state index in [0.717, 1.165) is 30.1 Å². The van der Waals surface area contributed by atoms with Crippen LogP contribution in [0.2, 0.25) is 5.02 Å². The van der Waals surface area contributed by atoms with Crippen molar-refractivity contribution in [2.45, 2.75) is 29.5 Å². The van der Waals surface area contributed by atoms with Gasteiger partial charge in [-0.25, -0.2) is 9.78 Å². The average Bonchev–Trinajstić information content (AvgIpc) is 3.22. The summed E-state index contributed by atoms with van der Waals surface area (Å²) < 4.78 is 2.11. The standard InChI is InChI=1S/C21H23ClN4OS/c1-23-21(27)25-18-7-10-19(11-8-18)28-20(14-26-13-12-24-15-26)9-4-16-2-5-17(22)6-3-16/h2-3,5-8,10-13,15,20H,4,9,14H2,1H3,(H2,23,25,27). The summed E-state index contributed by atoms with van der Waals surface area (Å²) in [5.74, 6) is 0. The molecule has 0 aliphatic rings. The van der Waals surface area contributed by atoms with E-state index in [1.807, 2.05) is 60.7 Å². The molecule has 3 aromatic rings. The van der Waals surface area contributed by atoms with Crippen LogP contribution in [-0.4, -0.2) is 27.9 Å². The molecular formula is C21H23ClN4OS. The third-order valence-corrected chi connectivity index (χ3v) is 5.80. The number of benzene rings is 2. The molecule has 5 nitrogen and oxygen atoms in total. The summed E-state index contributed by atoms with van der Waals surface area (Å²) in [4.78, 5) is 16.7. The maximum absolute atomic E-state index is 11.4. The first-order chi connectivity index (χ1) is 13.6. The van der Waals surface area contributed by atoms with Crippen LogP contribution in [0, 0.1) is 0 Å². The molecule has 0 fully saturated rings. The van der Waals surface area contributed by atoms with E-state index < -0.39 is 0 Å². The van der Waals surface area contributed by atoms with E-state index in [0.29, 0.717) is 5.25 Å². The highest BCUT2D eigenvalue weighted by atomic mass is 35.5. The topological polar surface area (TPSA) is 59.0 Å². The molecule has 0 bridgehead atoms. The lowest BCUT2D eigenvalue weighted by atomic mass is 10.1. The normalized spacial score (nSPS) is 11.8. The highest BCUT2D eigenvalue weighted by Gasteiger charge is 2.12. The quantitative estimate of drug-likeness (QED) is 0.505. The van der Waals surface area contributed by atoms with Gasteiger partial charge in [-0.05, 0) is 54.8 Å². The van der Waals surface area contributed by atoms with Crippen LogP contribution in [0.1, 0.15) is 12.0 Å². The number of halogens is 1. The number of nitrogens with one attached hydrogen (secondary N) is 2. The molecule has 1 heterocycles. The number of hydrogen-bond donors (Lipinski definition) is 2. The fourth-order valence-corrected chi connectivity index (χ4v) is 4.09. The van der Waals surface area contributed by atoms with Crippen LogP contribution >= 0.6 is 23.4 Å². The third-order valence-electron chi connectivity index (χ3n) is 4.28. The number of aromatic nitrogens is 2. The maximum atomic E-state index is 11.4. The van der Waals surface area contributed by atoms with E-state index in [2.05, 4.69) is 32.3 Å². The van der Waals surface area contributed by atoms with Crippen molar-refractivity contribution >= 4 is 35.1 Å². The Balaban J connectivity index is 1.64. The molecule has 28 heavy (non-hydrogen) atoms. The Kier molecular flexibility index (Phi) is 7.39. The van der Waals surface area contributed by atoms with Crippen LogP contribution < -0.4 is 10.6 Å². The number of anilines is 1. The summed E-state index contributed by atoms with van der Waals surface area (Å²) in [5, 5.41) is 6.48. The van der Waals surface area contributed by atoms with Crippen LogP contribution in [0.25, 0.3) is 0 Å². The van der Waals surface area contributed by atoms with Crippen LogP contribution in [0.5, 0.6) is 0 Å². The van der Waals surface area contributed by atoms with Crippen LogP contribution in [0.3, 0.4) is 0 Å². The van der Waals surface area contributed by atoms with Gasteiger partial charge in [0.2, 0.25) is 0 Å². The van der Waals surface area contributed by atoms with Crippen molar-refractivity contribution in [2.24, 2.45) is 0 Å². The van der Waals surface area contributed by atoms with E-state index >= 15 is 0 Å². The van der Waals surface area contributed by atoms with Crippen molar-refractivity contribution in [1.29, 1.82) is 0 Å². The van der Waals surface area contributed by atoms with Crippen molar-refractivity contribution < 1.29 is 4.79 Å². The summed E-state index contributed by atoms with van der Waals surface area (Å²) >= 11 is 7.83. The van der Waals surface area contributed by atoms with E-state index in [-0.39, 0.29) is 6.03 Å². The van der Waals surface area contributed by atoms with Gasteiger partial charge >= 0.3 is 6.03 Å². The number of aryl methyl sites for hydroxylation is 1. The van der Waals surface area contributed by atoms with Gasteiger partial charge in [-0.3, -0.25) is 0 Å². The molecule has 0 saturated heterocycles. The largest absolute Gasteiger partial charge is 0.341 e. The third kappa shape index (κ3) is 6.32. The number of urea groups is 1. The van der Waals surface area contributed by atoms with E-state index in [1.165, 1.54) is 10.5 Å². The number of amides is 2. The van der Waals surface area contributed by atoms with E-state index in [4.69, 9.17) is 11.6 Å². The monoisotopic (exact) mass is 414 g/mol. The summed E-state index contributed by atoms with van der Waals surface area (Å²) in [7, 11) is 1.60. The van der Waals surface area contributed by atoms with Gasteiger partial charge in [-0.2, -0.15) is 0 Å². The van der Waals surface area contributed by atoms with Crippen LogP contribution in [0.15, 0.2) is 72.1 Å². The molecule has 0 aliphatic carbocycles. The highest BCUT2D eigenvalue weighted by Crippen LogP contribution is 2.29. The number of imidazole rings is 1. The Morgan fingerprint density at radius 2 is 1.93 bits per heavy atom. The van der Waals surface area contributed by atoms with Gasteiger partial charge in [0.1, 0.15) is 0 Å². The van der Waals surface area contributed by atoms with Crippen LogP contribution in [0.4, 0.5) is 10.5 Å². The first kappa shape index (κ1) is 20.3. The summed E-state index contributed by atoms with van der Waals surface area (Å²) in [6.45, 7) is 0.885. The van der Waals surface area contributed by atoms with Gasteiger partial charge in [-0.1, -0.05) is 23.7 Å². The second kappa shape index (κ2) is 10.2. The maximum Gasteiger partial charge on any atom is 0.318 e. The van der Waals surface area contributed by atoms with Gasteiger partial charge in [-0.15, -0.1) is 11.8 Å². The zero-order chi connectivity index (χ0) is 19.8. The number of rotatable bonds is 8. The molecular weight excluding hydrogens is 392 g/mol. The summed E-state index contributed by atoms with van der Waals surface area (Å²) in [6, 6.07) is 15.7. The molecule has 0 saturated carbocycles. The number of thioether (sulfide) groups is 1. The zero-order valence-corrected chi connectivity index (χ0v) is 17.2. The SMILES string of the molecule is CNC(=O)Nc1ccc(SC(CCc2ccc(Cl)cc2)Cn2ccnc2)cc1. The lowest BCUT2D eigenvalue weighted by Gasteiger charge is -2.18. The van der Waals surface area contributed by atoms with Gasteiger partial charge in [0.05, 0.1) is 6.33 Å². The summed E-state index contributed by atoms with van der Waals surface area (Å²) in [5.41, 5.74) is 2.06. The average molecular weight is 415 g/mol. The molecule has 7 heteroatoms. The highest BCUT2D eigenvalue weighted by molar-refractivity contribution is 8.00. The van der Waals surface area contributed by atoms with Gasteiger partial charge in [0.25, 0.3) is 0 Å². The molecule has 0 aliphatic heterocycles. The predicted octanol–water partition coefficient (Wildman–Crippen LogP) is 5.08. The molecule has 3 rings (SSSR count). The molecule has 2 N–H and O–H groups in total. The number of carbonyl (C=O) groups is 1. The fourth-order valence-electron chi connectivity index (χ4n) is 2.80. The van der Waals surface area contributed by atoms with E-state index in [9.17, 15) is 4.79 Å². The van der Waals surface area contributed by atoms with Crippen molar-refractivity contribution in [2.75, 3.05) is 12.4 Å².